The van der Waals surface area contributed by atoms with Crippen LogP contribution in [0.3, 0.4) is 0 Å². The highest BCUT2D eigenvalue weighted by Gasteiger charge is 2.16. The Balaban J connectivity index is 1.90. The van der Waals surface area contributed by atoms with Crippen LogP contribution in [0.4, 0.5) is 5.13 Å². The van der Waals surface area contributed by atoms with Crippen molar-refractivity contribution >= 4 is 34.1 Å². The van der Waals surface area contributed by atoms with Gasteiger partial charge in [0.2, 0.25) is 11.0 Å². The van der Waals surface area contributed by atoms with Crippen LogP contribution in [0.15, 0.2) is 34.7 Å². The van der Waals surface area contributed by atoms with Crippen LogP contribution < -0.4 is 10.6 Å². The van der Waals surface area contributed by atoms with E-state index < -0.39 is 0 Å². The molecule has 1 amide bonds. The molecule has 0 radical (unpaired) electrons. The highest BCUT2D eigenvalue weighted by molar-refractivity contribution is 8.01. The molecule has 0 aliphatic carbocycles. The van der Waals surface area contributed by atoms with Gasteiger partial charge in [0.15, 0.2) is 4.34 Å². The van der Waals surface area contributed by atoms with Crippen molar-refractivity contribution in [2.75, 3.05) is 17.6 Å². The van der Waals surface area contributed by atoms with Crippen LogP contribution in [0, 0.1) is 5.92 Å². The number of carbonyl (C=O) groups is 1. The third-order valence-corrected chi connectivity index (χ3v) is 5.32. The van der Waals surface area contributed by atoms with Gasteiger partial charge >= 0.3 is 0 Å². The zero-order valence-corrected chi connectivity index (χ0v) is 15.9. The summed E-state index contributed by atoms with van der Waals surface area (Å²) < 4.78 is 0.807. The molecule has 0 saturated carbocycles. The van der Waals surface area contributed by atoms with Gasteiger partial charge in [-0.25, -0.2) is 0 Å². The van der Waals surface area contributed by atoms with Crippen molar-refractivity contribution in [3.8, 4) is 0 Å². The predicted molar refractivity (Wildman–Crippen MR) is 102 cm³/mol. The van der Waals surface area contributed by atoms with Gasteiger partial charge in [0.05, 0.1) is 11.8 Å². The molecule has 130 valence electrons. The molecule has 24 heavy (non-hydrogen) atoms. The molecule has 1 aromatic carbocycles. The van der Waals surface area contributed by atoms with Gasteiger partial charge in [0.1, 0.15) is 0 Å². The third-order valence-electron chi connectivity index (χ3n) is 3.31. The summed E-state index contributed by atoms with van der Waals surface area (Å²) in [5.74, 6) is 0.881. The van der Waals surface area contributed by atoms with Gasteiger partial charge in [-0.3, -0.25) is 4.79 Å². The maximum absolute atomic E-state index is 12.3. The molecule has 0 aliphatic heterocycles. The first-order valence-electron chi connectivity index (χ1n) is 8.13. The molecule has 2 aromatic rings. The van der Waals surface area contributed by atoms with E-state index in [2.05, 4.69) is 46.8 Å². The lowest BCUT2D eigenvalue weighted by Crippen LogP contribution is -2.30. The van der Waals surface area contributed by atoms with Gasteiger partial charge in [-0.15, -0.1) is 10.2 Å². The minimum atomic E-state index is 0.0229. The van der Waals surface area contributed by atoms with Crippen LogP contribution in [0.2, 0.25) is 0 Å². The van der Waals surface area contributed by atoms with Crippen molar-refractivity contribution in [3.63, 3.8) is 0 Å². The van der Waals surface area contributed by atoms with Gasteiger partial charge in [0.25, 0.3) is 0 Å². The van der Waals surface area contributed by atoms with Crippen LogP contribution in [0.5, 0.6) is 0 Å². The third kappa shape index (κ3) is 6.13. The Morgan fingerprint density at radius 2 is 2.00 bits per heavy atom. The van der Waals surface area contributed by atoms with Gasteiger partial charge in [0, 0.05) is 6.54 Å². The highest BCUT2D eigenvalue weighted by Crippen LogP contribution is 2.26. The van der Waals surface area contributed by atoms with Crippen LogP contribution in [-0.2, 0) is 4.79 Å². The second-order valence-corrected chi connectivity index (χ2v) is 8.05. The molecule has 0 fully saturated rings. The molecule has 1 atom stereocenters. The van der Waals surface area contributed by atoms with Gasteiger partial charge in [-0.2, -0.15) is 0 Å². The Labute approximate surface area is 151 Å². The molecule has 0 aliphatic rings. The van der Waals surface area contributed by atoms with Crippen LogP contribution in [-0.4, -0.2) is 28.4 Å². The van der Waals surface area contributed by atoms with Gasteiger partial charge in [-0.1, -0.05) is 67.3 Å². The largest absolute Gasteiger partial charge is 0.360 e. The van der Waals surface area contributed by atoms with Crippen molar-refractivity contribution in [2.45, 2.75) is 37.6 Å². The van der Waals surface area contributed by atoms with E-state index in [9.17, 15) is 4.79 Å². The van der Waals surface area contributed by atoms with Crippen molar-refractivity contribution in [3.05, 3.63) is 35.9 Å². The summed E-state index contributed by atoms with van der Waals surface area (Å²) in [5.41, 5.74) is 1.15. The number of hydrogen-bond acceptors (Lipinski definition) is 6. The van der Waals surface area contributed by atoms with E-state index in [1.165, 1.54) is 23.1 Å². The minimum Gasteiger partial charge on any atom is -0.360 e. The molecule has 0 spiro atoms. The minimum absolute atomic E-state index is 0.0229. The smallest absolute Gasteiger partial charge is 0.230 e. The number of aromatic nitrogens is 2. The lowest BCUT2D eigenvalue weighted by molar-refractivity contribution is -0.119. The molecule has 0 bridgehead atoms. The van der Waals surface area contributed by atoms with E-state index in [0.717, 1.165) is 28.0 Å². The summed E-state index contributed by atoms with van der Waals surface area (Å²) in [6, 6.07) is 10.2. The first-order valence-corrected chi connectivity index (χ1v) is 9.93. The fourth-order valence-electron chi connectivity index (χ4n) is 2.29. The molecule has 2 N–H and O–H groups in total. The Morgan fingerprint density at radius 1 is 1.25 bits per heavy atom. The first-order chi connectivity index (χ1) is 11.6. The number of rotatable bonds is 9. The normalized spacial score (nSPS) is 12.2. The molecule has 2 rings (SSSR count). The van der Waals surface area contributed by atoms with E-state index in [1.54, 1.807) is 0 Å². The average molecular weight is 365 g/mol. The van der Waals surface area contributed by atoms with E-state index >= 15 is 0 Å². The molecule has 0 saturated heterocycles. The number of thioether (sulfide) groups is 1. The molecule has 0 unspecified atom stereocenters. The van der Waals surface area contributed by atoms with Gasteiger partial charge in [-0.05, 0) is 24.8 Å². The number of carbonyl (C=O) groups excluding carboxylic acids is 1. The highest BCUT2D eigenvalue weighted by atomic mass is 32.2. The molecular weight excluding hydrogens is 340 g/mol. The summed E-state index contributed by atoms with van der Waals surface area (Å²) in [6.45, 7) is 7.16. The Kier molecular flexibility index (Phi) is 7.52. The quantitative estimate of drug-likeness (QED) is 0.659. The number of nitrogens with one attached hydrogen (secondary N) is 2. The van der Waals surface area contributed by atoms with Crippen molar-refractivity contribution in [1.29, 1.82) is 0 Å². The van der Waals surface area contributed by atoms with Crippen molar-refractivity contribution < 1.29 is 4.79 Å². The van der Waals surface area contributed by atoms with Crippen LogP contribution in [0.1, 0.15) is 38.8 Å². The molecule has 1 heterocycles. The Bertz CT molecular complexity index is 631. The SMILES string of the molecule is CCNc1nnc(SCC(=O)N[C@@H](CC(C)C)c2ccccc2)s1. The lowest BCUT2D eigenvalue weighted by atomic mass is 9.97. The summed E-state index contributed by atoms with van der Waals surface area (Å²) in [7, 11) is 0. The summed E-state index contributed by atoms with van der Waals surface area (Å²) in [4.78, 5) is 12.3. The van der Waals surface area contributed by atoms with E-state index in [1.807, 2.05) is 25.1 Å². The predicted octanol–water partition coefficient (Wildman–Crippen LogP) is 3.97. The number of hydrogen-bond donors (Lipinski definition) is 2. The zero-order chi connectivity index (χ0) is 17.4. The maximum atomic E-state index is 12.3. The summed E-state index contributed by atoms with van der Waals surface area (Å²) in [6.07, 6.45) is 0.920. The van der Waals surface area contributed by atoms with Crippen molar-refractivity contribution in [1.82, 2.24) is 15.5 Å². The number of amides is 1. The number of benzene rings is 1. The molecular formula is C17H24N4OS2. The number of anilines is 1. The first kappa shape index (κ1) is 18.7. The van der Waals surface area contributed by atoms with Gasteiger partial charge < -0.3 is 10.6 Å². The maximum Gasteiger partial charge on any atom is 0.230 e. The molecule has 5 nitrogen and oxygen atoms in total. The Hall–Kier alpha value is -1.60. The van der Waals surface area contributed by atoms with E-state index in [0.29, 0.717) is 11.7 Å². The van der Waals surface area contributed by atoms with Crippen LogP contribution in [0.25, 0.3) is 0 Å². The topological polar surface area (TPSA) is 66.9 Å². The second kappa shape index (κ2) is 9.64. The molecule has 7 heteroatoms. The van der Waals surface area contributed by atoms with E-state index in [4.69, 9.17) is 0 Å². The average Bonchev–Trinajstić information content (AvgIpc) is 3.01. The van der Waals surface area contributed by atoms with Crippen LogP contribution >= 0.6 is 23.1 Å². The summed E-state index contributed by atoms with van der Waals surface area (Å²) in [5, 5.41) is 15.2. The van der Waals surface area contributed by atoms with E-state index in [-0.39, 0.29) is 11.9 Å². The fraction of sp³-hybridized carbons (Fsp3) is 0.471. The zero-order valence-electron chi connectivity index (χ0n) is 14.3. The second-order valence-electron chi connectivity index (χ2n) is 5.85. The standard InChI is InChI=1S/C17H24N4OS2/c1-4-18-16-20-21-17(24-16)23-11-15(22)19-14(10-12(2)3)13-8-6-5-7-9-13/h5-9,12,14H,4,10-11H2,1-3H3,(H,18,20)(H,19,22)/t14-/m0/s1. The monoisotopic (exact) mass is 364 g/mol. The van der Waals surface area contributed by atoms with Crippen molar-refractivity contribution in [2.24, 2.45) is 5.92 Å². The lowest BCUT2D eigenvalue weighted by Gasteiger charge is -2.21. The number of nitrogens with zero attached hydrogens (tertiary/aromatic N) is 2. The fourth-order valence-corrected chi connectivity index (χ4v) is 3.92. The Morgan fingerprint density at radius 3 is 2.67 bits per heavy atom. The molecule has 1 aromatic heterocycles. The summed E-state index contributed by atoms with van der Waals surface area (Å²) >= 11 is 2.90.